The van der Waals surface area contributed by atoms with Crippen LogP contribution in [0.25, 0.3) is 0 Å². The molecule has 0 saturated carbocycles. The van der Waals surface area contributed by atoms with Gasteiger partial charge in [0.2, 0.25) is 0 Å². The van der Waals surface area contributed by atoms with Crippen molar-refractivity contribution in [2.75, 3.05) is 5.73 Å². The van der Waals surface area contributed by atoms with Crippen LogP contribution in [0.15, 0.2) is 46.9 Å². The minimum atomic E-state index is 0.526. The number of nitrogens with two attached hydrogens (primary N) is 1. The van der Waals surface area contributed by atoms with Crippen LogP contribution in [0.3, 0.4) is 0 Å². The Morgan fingerprint density at radius 1 is 1.12 bits per heavy atom. The largest absolute Gasteiger partial charge is 0.487 e. The fourth-order valence-corrected chi connectivity index (χ4v) is 2.17. The van der Waals surface area contributed by atoms with Crippen molar-refractivity contribution in [3.05, 3.63) is 56.1 Å². The lowest BCUT2D eigenvalue weighted by molar-refractivity contribution is 0.308. The molecule has 0 fully saturated rings. The van der Waals surface area contributed by atoms with E-state index in [2.05, 4.69) is 38.5 Å². The number of hydrogen-bond acceptors (Lipinski definition) is 2. The molecule has 2 rings (SSSR count). The van der Waals surface area contributed by atoms with E-state index in [0.717, 1.165) is 19.4 Å². The summed E-state index contributed by atoms with van der Waals surface area (Å²) in [5.74, 6) is 0.730. The first-order chi connectivity index (χ1) is 8.15. The number of hydrogen-bond donors (Lipinski definition) is 1. The van der Waals surface area contributed by atoms with Crippen LogP contribution in [0.5, 0.6) is 5.75 Å². The van der Waals surface area contributed by atoms with Crippen LogP contribution in [0.1, 0.15) is 5.56 Å². The van der Waals surface area contributed by atoms with E-state index in [9.17, 15) is 0 Å². The molecule has 2 aromatic rings. The van der Waals surface area contributed by atoms with Gasteiger partial charge in [-0.15, -0.1) is 0 Å². The summed E-state index contributed by atoms with van der Waals surface area (Å²) in [4.78, 5) is 0. The van der Waals surface area contributed by atoms with E-state index >= 15 is 0 Å². The van der Waals surface area contributed by atoms with Crippen LogP contribution >= 0.6 is 38.5 Å². The lowest BCUT2D eigenvalue weighted by Gasteiger charge is -2.09. The summed E-state index contributed by atoms with van der Waals surface area (Å²) in [6.45, 7) is 0.526. The molecule has 0 aliphatic carbocycles. The topological polar surface area (TPSA) is 35.2 Å². The summed E-state index contributed by atoms with van der Waals surface area (Å²) in [7, 11) is 0. The number of nitrogen functional groups attached to an aromatic ring is 1. The zero-order valence-electron chi connectivity index (χ0n) is 8.99. The van der Waals surface area contributed by atoms with Gasteiger partial charge in [0, 0.05) is 8.04 Å². The predicted octanol–water partition coefficient (Wildman–Crippen LogP) is 4.21. The van der Waals surface area contributed by atoms with E-state index in [4.69, 9.17) is 10.5 Å². The van der Waals surface area contributed by atoms with Gasteiger partial charge in [-0.3, -0.25) is 0 Å². The molecule has 88 valence electrons. The highest BCUT2D eigenvalue weighted by molar-refractivity contribution is 14.1. The Labute approximate surface area is 122 Å². The van der Waals surface area contributed by atoms with Crippen molar-refractivity contribution in [1.29, 1.82) is 0 Å². The fraction of sp³-hybridized carbons (Fsp3) is 0.0769. The third-order valence-corrected chi connectivity index (χ3v) is 3.48. The summed E-state index contributed by atoms with van der Waals surface area (Å²) >= 11 is 5.62. The molecular formula is C13H11BrINO. The highest BCUT2D eigenvalue weighted by Gasteiger charge is 2.01. The van der Waals surface area contributed by atoms with Gasteiger partial charge in [-0.25, -0.2) is 0 Å². The van der Waals surface area contributed by atoms with Crippen LogP contribution in [0, 0.1) is 3.57 Å². The van der Waals surface area contributed by atoms with E-state index < -0.39 is 0 Å². The normalized spacial score (nSPS) is 10.2. The highest BCUT2D eigenvalue weighted by Crippen LogP contribution is 2.24. The van der Waals surface area contributed by atoms with Crippen LogP contribution < -0.4 is 10.5 Å². The first kappa shape index (κ1) is 12.7. The molecule has 0 bridgehead atoms. The second-order valence-corrected chi connectivity index (χ2v) is 5.76. The molecule has 0 heterocycles. The average molecular weight is 404 g/mol. The van der Waals surface area contributed by atoms with Crippen molar-refractivity contribution >= 4 is 44.2 Å². The molecule has 0 saturated heterocycles. The Morgan fingerprint density at radius 2 is 1.82 bits per heavy atom. The van der Waals surface area contributed by atoms with Crippen molar-refractivity contribution in [2.24, 2.45) is 0 Å². The highest BCUT2D eigenvalue weighted by atomic mass is 127. The van der Waals surface area contributed by atoms with Gasteiger partial charge in [-0.1, -0.05) is 28.1 Å². The first-order valence-electron chi connectivity index (χ1n) is 5.07. The van der Waals surface area contributed by atoms with Crippen LogP contribution in [0.4, 0.5) is 5.69 Å². The standard InChI is InChI=1S/C13H11BrINO/c14-10-3-1-9(2-4-10)8-17-13-6-5-11(15)7-12(13)16/h1-7H,8,16H2. The molecule has 0 amide bonds. The predicted molar refractivity (Wildman–Crippen MR) is 82.0 cm³/mol. The Kier molecular flexibility index (Phi) is 4.28. The van der Waals surface area contributed by atoms with Gasteiger partial charge in [-0.05, 0) is 58.5 Å². The van der Waals surface area contributed by atoms with E-state index in [1.54, 1.807) is 0 Å². The minimum Gasteiger partial charge on any atom is -0.487 e. The van der Waals surface area contributed by atoms with Gasteiger partial charge in [0.1, 0.15) is 12.4 Å². The lowest BCUT2D eigenvalue weighted by Crippen LogP contribution is -1.98. The van der Waals surface area contributed by atoms with Crippen molar-refractivity contribution in [2.45, 2.75) is 6.61 Å². The molecule has 0 atom stereocenters. The maximum absolute atomic E-state index is 5.87. The summed E-state index contributed by atoms with van der Waals surface area (Å²) in [5.41, 5.74) is 7.66. The fourth-order valence-electron chi connectivity index (χ4n) is 1.39. The van der Waals surface area contributed by atoms with E-state index in [0.29, 0.717) is 12.3 Å². The summed E-state index contributed by atoms with van der Waals surface area (Å²) in [6, 6.07) is 13.8. The molecule has 17 heavy (non-hydrogen) atoms. The van der Waals surface area contributed by atoms with E-state index in [-0.39, 0.29) is 0 Å². The van der Waals surface area contributed by atoms with E-state index in [1.165, 1.54) is 0 Å². The van der Waals surface area contributed by atoms with Gasteiger partial charge in [-0.2, -0.15) is 0 Å². The molecule has 0 radical (unpaired) electrons. The van der Waals surface area contributed by atoms with Gasteiger partial charge in [0.05, 0.1) is 5.69 Å². The quantitative estimate of drug-likeness (QED) is 0.615. The molecular weight excluding hydrogens is 393 g/mol. The van der Waals surface area contributed by atoms with Gasteiger partial charge >= 0.3 is 0 Å². The molecule has 0 spiro atoms. The average Bonchev–Trinajstić information content (AvgIpc) is 2.30. The maximum Gasteiger partial charge on any atom is 0.142 e. The SMILES string of the molecule is Nc1cc(I)ccc1OCc1ccc(Br)cc1. The van der Waals surface area contributed by atoms with Crippen molar-refractivity contribution in [1.82, 2.24) is 0 Å². The monoisotopic (exact) mass is 403 g/mol. The Morgan fingerprint density at radius 3 is 2.47 bits per heavy atom. The molecule has 0 unspecified atom stereocenters. The zero-order valence-corrected chi connectivity index (χ0v) is 12.7. The number of rotatable bonds is 3. The third kappa shape index (κ3) is 3.61. The van der Waals surface area contributed by atoms with Crippen molar-refractivity contribution < 1.29 is 4.74 Å². The smallest absolute Gasteiger partial charge is 0.142 e. The first-order valence-corrected chi connectivity index (χ1v) is 6.94. The van der Waals surface area contributed by atoms with Crippen molar-refractivity contribution in [3.63, 3.8) is 0 Å². The number of anilines is 1. The molecule has 2 aromatic carbocycles. The molecule has 4 heteroatoms. The summed E-state index contributed by atoms with van der Waals surface area (Å²) in [5, 5.41) is 0. The maximum atomic E-state index is 5.87. The van der Waals surface area contributed by atoms with Gasteiger partial charge in [0.15, 0.2) is 0 Å². The van der Waals surface area contributed by atoms with E-state index in [1.807, 2.05) is 42.5 Å². The number of halogens is 2. The molecule has 2 N–H and O–H groups in total. The summed E-state index contributed by atoms with van der Waals surface area (Å²) < 4.78 is 7.85. The molecule has 0 aliphatic rings. The van der Waals surface area contributed by atoms with Gasteiger partial charge < -0.3 is 10.5 Å². The number of benzene rings is 2. The lowest BCUT2D eigenvalue weighted by atomic mass is 10.2. The second kappa shape index (κ2) is 5.73. The minimum absolute atomic E-state index is 0.526. The third-order valence-electron chi connectivity index (χ3n) is 2.28. The van der Waals surface area contributed by atoms with Gasteiger partial charge in [0.25, 0.3) is 0 Å². The molecule has 0 aromatic heterocycles. The van der Waals surface area contributed by atoms with Crippen LogP contribution in [0.2, 0.25) is 0 Å². The number of ether oxygens (including phenoxy) is 1. The Balaban J connectivity index is 2.04. The summed E-state index contributed by atoms with van der Waals surface area (Å²) in [6.07, 6.45) is 0. The molecule has 0 aliphatic heterocycles. The van der Waals surface area contributed by atoms with Crippen molar-refractivity contribution in [3.8, 4) is 5.75 Å². The Hall–Kier alpha value is -0.750. The molecule has 2 nitrogen and oxygen atoms in total. The van der Waals surface area contributed by atoms with Crippen LogP contribution in [-0.4, -0.2) is 0 Å². The van der Waals surface area contributed by atoms with Crippen LogP contribution in [-0.2, 0) is 6.61 Å². The second-order valence-electron chi connectivity index (χ2n) is 3.60. The Bertz CT molecular complexity index is 513. The zero-order chi connectivity index (χ0) is 12.3.